The number of esters is 1. The van der Waals surface area contributed by atoms with E-state index < -0.39 is 5.97 Å². The van der Waals surface area contributed by atoms with Crippen LogP contribution in [0.5, 0.6) is 5.75 Å². The summed E-state index contributed by atoms with van der Waals surface area (Å²) in [7, 11) is 0. The third kappa shape index (κ3) is 4.34. The Kier molecular flexibility index (Phi) is 6.40. The topological polar surface area (TPSA) is 63.7 Å². The summed E-state index contributed by atoms with van der Waals surface area (Å²) in [5, 5.41) is 0. The maximum Gasteiger partial charge on any atom is 0.343 e. The van der Waals surface area contributed by atoms with Gasteiger partial charge in [0.25, 0.3) is 0 Å². The van der Waals surface area contributed by atoms with Crippen molar-refractivity contribution in [1.29, 1.82) is 0 Å². The predicted octanol–water partition coefficient (Wildman–Crippen LogP) is 6.00. The predicted molar refractivity (Wildman–Crippen MR) is 137 cm³/mol. The zero-order valence-electron chi connectivity index (χ0n) is 18.1. The van der Waals surface area contributed by atoms with E-state index >= 15 is 0 Å². The molecule has 1 aliphatic heterocycles. The van der Waals surface area contributed by atoms with Gasteiger partial charge in [0.15, 0.2) is 0 Å². The lowest BCUT2D eigenvalue weighted by Crippen LogP contribution is -2.34. The Morgan fingerprint density at radius 1 is 0.765 bits per heavy atom. The third-order valence-electron chi connectivity index (χ3n) is 6.42. The summed E-state index contributed by atoms with van der Waals surface area (Å²) < 4.78 is 5.55. The molecule has 0 aromatic heterocycles. The van der Waals surface area contributed by atoms with E-state index in [9.17, 15) is 14.4 Å². The number of carbonyl (C=O) groups is 3. The fourth-order valence-corrected chi connectivity index (χ4v) is 5.87. The second-order valence-electron chi connectivity index (χ2n) is 8.56. The summed E-state index contributed by atoms with van der Waals surface area (Å²) in [6.07, 6.45) is 1.20. The van der Waals surface area contributed by atoms with Crippen LogP contribution < -0.4 is 9.64 Å². The molecule has 0 bridgehead atoms. The van der Waals surface area contributed by atoms with Crippen molar-refractivity contribution in [3.05, 3.63) is 84.4 Å². The molecule has 1 aliphatic carbocycles. The molecule has 4 unspecified atom stereocenters. The van der Waals surface area contributed by atoms with Crippen LogP contribution in [0.15, 0.2) is 78.9 Å². The number of anilines is 1. The molecule has 3 aromatic rings. The van der Waals surface area contributed by atoms with Crippen molar-refractivity contribution in [3.8, 4) is 16.9 Å². The number of carbonyl (C=O) groups excluding carboxylic acids is 3. The van der Waals surface area contributed by atoms with Crippen molar-refractivity contribution >= 4 is 55.3 Å². The minimum Gasteiger partial charge on any atom is -0.423 e. The van der Waals surface area contributed by atoms with Crippen LogP contribution >= 0.6 is 31.9 Å². The van der Waals surface area contributed by atoms with Gasteiger partial charge in [-0.3, -0.25) is 14.5 Å². The van der Waals surface area contributed by atoms with Gasteiger partial charge in [-0.05, 0) is 54.3 Å². The summed E-state index contributed by atoms with van der Waals surface area (Å²) in [4.78, 5) is 40.5. The number of halogens is 2. The molecule has 34 heavy (non-hydrogen) atoms. The number of ether oxygens (including phenoxy) is 1. The number of hydrogen-bond donors (Lipinski definition) is 0. The molecule has 5 rings (SSSR count). The second kappa shape index (κ2) is 9.47. The molecule has 172 valence electrons. The molecule has 4 atom stereocenters. The average Bonchev–Trinajstić information content (AvgIpc) is 3.09. The van der Waals surface area contributed by atoms with Gasteiger partial charge < -0.3 is 4.74 Å². The summed E-state index contributed by atoms with van der Waals surface area (Å²) >= 11 is 7.21. The molecule has 0 N–H and O–H groups in total. The molecule has 2 amide bonds. The maximum absolute atomic E-state index is 13.1. The minimum atomic E-state index is -0.549. The van der Waals surface area contributed by atoms with E-state index in [0.29, 0.717) is 24.3 Å². The highest BCUT2D eigenvalue weighted by Crippen LogP contribution is 2.44. The largest absolute Gasteiger partial charge is 0.423 e. The molecule has 2 aliphatic rings. The lowest BCUT2D eigenvalue weighted by atomic mass is 9.81. The Bertz CT molecular complexity index is 1220. The molecular weight excluding hydrogens is 562 g/mol. The fourth-order valence-electron chi connectivity index (χ4n) is 4.63. The Morgan fingerprint density at radius 2 is 1.35 bits per heavy atom. The second-order valence-corrected chi connectivity index (χ2v) is 10.9. The molecule has 2 fully saturated rings. The molecular formula is C27H21Br2NO4. The van der Waals surface area contributed by atoms with E-state index in [0.717, 1.165) is 11.1 Å². The average molecular weight is 583 g/mol. The van der Waals surface area contributed by atoms with Gasteiger partial charge >= 0.3 is 5.97 Å². The first-order valence-electron chi connectivity index (χ1n) is 11.1. The molecule has 1 saturated carbocycles. The summed E-state index contributed by atoms with van der Waals surface area (Å²) in [5.41, 5.74) is 2.77. The van der Waals surface area contributed by atoms with Crippen LogP contribution in [-0.4, -0.2) is 27.4 Å². The highest BCUT2D eigenvalue weighted by Gasteiger charge is 2.52. The summed E-state index contributed by atoms with van der Waals surface area (Å²) in [6, 6.07) is 23.7. The zero-order valence-corrected chi connectivity index (χ0v) is 21.2. The number of fused-ring (bicyclic) bond motifs is 1. The van der Waals surface area contributed by atoms with Crippen LogP contribution in [-0.2, 0) is 9.59 Å². The van der Waals surface area contributed by atoms with Crippen LogP contribution in [0, 0.1) is 11.8 Å². The van der Waals surface area contributed by atoms with Gasteiger partial charge in [-0.2, -0.15) is 0 Å². The molecule has 5 nitrogen and oxygen atoms in total. The van der Waals surface area contributed by atoms with Crippen molar-refractivity contribution in [2.75, 3.05) is 4.90 Å². The SMILES string of the molecule is O=C(Oc1ccc(-c2ccccc2)cc1)c1cccc(N2C(=O)C3CC(Br)C(Br)CC3C2=O)c1. The number of imide groups is 1. The summed E-state index contributed by atoms with van der Waals surface area (Å²) in [5.74, 6) is -1.23. The Labute approximate surface area is 214 Å². The van der Waals surface area contributed by atoms with Gasteiger partial charge in [-0.1, -0.05) is 80.4 Å². The zero-order chi connectivity index (χ0) is 23.8. The maximum atomic E-state index is 13.1. The van der Waals surface area contributed by atoms with Gasteiger partial charge in [0.1, 0.15) is 5.75 Å². The fraction of sp³-hybridized carbons (Fsp3) is 0.222. The van der Waals surface area contributed by atoms with Crippen LogP contribution in [0.2, 0.25) is 0 Å². The number of benzene rings is 3. The van der Waals surface area contributed by atoms with Crippen LogP contribution in [0.25, 0.3) is 11.1 Å². The summed E-state index contributed by atoms with van der Waals surface area (Å²) in [6.45, 7) is 0. The first-order chi connectivity index (χ1) is 16.4. The lowest BCUT2D eigenvalue weighted by Gasteiger charge is -2.29. The van der Waals surface area contributed by atoms with Gasteiger partial charge in [-0.25, -0.2) is 4.79 Å². The first-order valence-corrected chi connectivity index (χ1v) is 12.9. The van der Waals surface area contributed by atoms with Crippen molar-refractivity contribution in [3.63, 3.8) is 0 Å². The highest BCUT2D eigenvalue weighted by molar-refractivity contribution is 9.12. The van der Waals surface area contributed by atoms with Crippen molar-refractivity contribution in [2.24, 2.45) is 11.8 Å². The number of nitrogens with zero attached hydrogens (tertiary/aromatic N) is 1. The van der Waals surface area contributed by atoms with Gasteiger partial charge in [0.05, 0.1) is 23.1 Å². The lowest BCUT2D eigenvalue weighted by molar-refractivity contribution is -0.122. The van der Waals surface area contributed by atoms with Crippen LogP contribution in [0.1, 0.15) is 23.2 Å². The van der Waals surface area contributed by atoms with E-state index in [1.807, 2.05) is 42.5 Å². The van der Waals surface area contributed by atoms with E-state index in [4.69, 9.17) is 4.74 Å². The number of hydrogen-bond acceptors (Lipinski definition) is 4. The number of rotatable bonds is 4. The van der Waals surface area contributed by atoms with Gasteiger partial charge in [0, 0.05) is 9.65 Å². The van der Waals surface area contributed by atoms with Crippen LogP contribution in [0.3, 0.4) is 0 Å². The highest BCUT2D eigenvalue weighted by atomic mass is 79.9. The first kappa shape index (κ1) is 23.0. The van der Waals surface area contributed by atoms with Crippen LogP contribution in [0.4, 0.5) is 5.69 Å². The van der Waals surface area contributed by atoms with Crippen molar-refractivity contribution in [2.45, 2.75) is 22.5 Å². The van der Waals surface area contributed by atoms with Gasteiger partial charge in [-0.15, -0.1) is 0 Å². The van der Waals surface area contributed by atoms with E-state index in [2.05, 4.69) is 31.9 Å². The van der Waals surface area contributed by atoms with Crippen molar-refractivity contribution < 1.29 is 19.1 Å². The van der Waals surface area contributed by atoms with E-state index in [-0.39, 0.29) is 38.9 Å². The van der Waals surface area contributed by atoms with Crippen molar-refractivity contribution in [1.82, 2.24) is 0 Å². The Hall–Kier alpha value is -2.77. The number of amides is 2. The number of alkyl halides is 2. The molecule has 7 heteroatoms. The third-order valence-corrected chi connectivity index (χ3v) is 9.16. The smallest absolute Gasteiger partial charge is 0.343 e. The van der Waals surface area contributed by atoms with E-state index in [1.165, 1.54) is 4.90 Å². The monoisotopic (exact) mass is 581 g/mol. The normalized spacial score (nSPS) is 24.1. The van der Waals surface area contributed by atoms with E-state index in [1.54, 1.807) is 36.4 Å². The molecule has 3 aromatic carbocycles. The molecule has 0 radical (unpaired) electrons. The molecule has 1 heterocycles. The molecule has 0 spiro atoms. The van der Waals surface area contributed by atoms with Gasteiger partial charge in [0.2, 0.25) is 11.8 Å². The Balaban J connectivity index is 1.33. The minimum absolute atomic E-state index is 0.139. The Morgan fingerprint density at radius 3 is 1.97 bits per heavy atom. The standard InChI is InChI=1S/C27H21Br2NO4/c28-23-14-21-22(15-24(23)29)26(32)30(25(21)31)19-8-4-7-18(13-19)27(33)34-20-11-9-17(10-12-20)16-5-2-1-3-6-16/h1-13,21-24H,14-15H2. The molecule has 1 saturated heterocycles. The quantitative estimate of drug-likeness (QED) is 0.164.